The Kier molecular flexibility index (Phi) is 4.75. The van der Waals surface area contributed by atoms with E-state index in [1.165, 1.54) is 4.57 Å². The highest BCUT2D eigenvalue weighted by Crippen LogP contribution is 2.23. The van der Waals surface area contributed by atoms with Gasteiger partial charge in [0, 0.05) is 6.54 Å². The summed E-state index contributed by atoms with van der Waals surface area (Å²) >= 11 is 0. The SMILES string of the molecule is CCn1c(NNC(=O)C(C)(C)c2ccccc2)nc2ccccc2c1=O. The number of hydrogen-bond acceptors (Lipinski definition) is 4. The van der Waals surface area contributed by atoms with E-state index in [1.54, 1.807) is 12.1 Å². The second-order valence-corrected chi connectivity index (χ2v) is 6.57. The average molecular weight is 350 g/mol. The standard InChI is InChI=1S/C20H22N4O2/c1-4-24-17(25)15-12-8-9-13-16(15)21-19(24)23-22-18(26)20(2,3)14-10-6-5-7-11-14/h5-13H,4H2,1-3H3,(H,21,23)(H,22,26). The quantitative estimate of drug-likeness (QED) is 0.694. The molecule has 0 atom stereocenters. The van der Waals surface area contributed by atoms with Crippen molar-refractivity contribution < 1.29 is 4.79 Å². The van der Waals surface area contributed by atoms with Gasteiger partial charge in [0.25, 0.3) is 5.56 Å². The minimum absolute atomic E-state index is 0.142. The smallest absolute Gasteiger partial charge is 0.262 e. The Balaban J connectivity index is 1.88. The van der Waals surface area contributed by atoms with Crippen LogP contribution < -0.4 is 16.4 Å². The molecule has 0 unspecified atom stereocenters. The molecule has 1 heterocycles. The summed E-state index contributed by atoms with van der Waals surface area (Å²) in [4.78, 5) is 29.8. The first-order valence-electron chi connectivity index (χ1n) is 8.56. The number of nitrogens with zero attached hydrogens (tertiary/aromatic N) is 2. The van der Waals surface area contributed by atoms with E-state index in [0.29, 0.717) is 23.4 Å². The lowest BCUT2D eigenvalue weighted by molar-refractivity contribution is -0.125. The lowest BCUT2D eigenvalue weighted by Gasteiger charge is -2.24. The van der Waals surface area contributed by atoms with E-state index in [-0.39, 0.29) is 11.5 Å². The zero-order valence-electron chi connectivity index (χ0n) is 15.1. The fourth-order valence-corrected chi connectivity index (χ4v) is 2.81. The van der Waals surface area contributed by atoms with Gasteiger partial charge in [0.1, 0.15) is 0 Å². The van der Waals surface area contributed by atoms with Crippen LogP contribution in [0.25, 0.3) is 10.9 Å². The Labute approximate surface area is 151 Å². The number of carbonyl (C=O) groups is 1. The van der Waals surface area contributed by atoms with Gasteiger partial charge in [-0.1, -0.05) is 42.5 Å². The van der Waals surface area contributed by atoms with Gasteiger partial charge in [0.15, 0.2) is 0 Å². The van der Waals surface area contributed by atoms with Crippen molar-refractivity contribution in [3.8, 4) is 0 Å². The zero-order chi connectivity index (χ0) is 18.7. The number of rotatable bonds is 5. The summed E-state index contributed by atoms with van der Waals surface area (Å²) in [5.74, 6) is 0.0992. The van der Waals surface area contributed by atoms with E-state index in [0.717, 1.165) is 5.56 Å². The van der Waals surface area contributed by atoms with E-state index < -0.39 is 5.41 Å². The molecule has 3 aromatic rings. The largest absolute Gasteiger partial charge is 0.277 e. The highest BCUT2D eigenvalue weighted by Gasteiger charge is 2.29. The van der Waals surface area contributed by atoms with Crippen molar-refractivity contribution in [1.82, 2.24) is 15.0 Å². The van der Waals surface area contributed by atoms with Crippen molar-refractivity contribution in [2.24, 2.45) is 0 Å². The molecule has 0 fully saturated rings. The average Bonchev–Trinajstić information content (AvgIpc) is 2.67. The van der Waals surface area contributed by atoms with Crippen molar-refractivity contribution in [3.63, 3.8) is 0 Å². The Morgan fingerprint density at radius 2 is 1.73 bits per heavy atom. The number of benzene rings is 2. The summed E-state index contributed by atoms with van der Waals surface area (Å²) in [5.41, 5.74) is 6.13. The Morgan fingerprint density at radius 3 is 2.42 bits per heavy atom. The van der Waals surface area contributed by atoms with Crippen LogP contribution in [0.1, 0.15) is 26.3 Å². The highest BCUT2D eigenvalue weighted by molar-refractivity contribution is 5.88. The van der Waals surface area contributed by atoms with Crippen molar-refractivity contribution in [3.05, 3.63) is 70.5 Å². The van der Waals surface area contributed by atoms with Crippen molar-refractivity contribution >= 4 is 22.8 Å². The summed E-state index contributed by atoms with van der Waals surface area (Å²) in [6, 6.07) is 16.7. The number of nitrogens with one attached hydrogen (secondary N) is 2. The maximum absolute atomic E-state index is 12.7. The molecule has 0 aliphatic rings. The molecule has 26 heavy (non-hydrogen) atoms. The summed E-state index contributed by atoms with van der Waals surface area (Å²) in [7, 11) is 0. The van der Waals surface area contributed by atoms with E-state index >= 15 is 0 Å². The molecule has 0 saturated carbocycles. The third kappa shape index (κ3) is 3.18. The number of para-hydroxylation sites is 1. The first kappa shape index (κ1) is 17.7. The first-order chi connectivity index (χ1) is 12.4. The van der Waals surface area contributed by atoms with Gasteiger partial charge in [-0.2, -0.15) is 0 Å². The number of amides is 1. The Morgan fingerprint density at radius 1 is 1.08 bits per heavy atom. The van der Waals surface area contributed by atoms with E-state index in [4.69, 9.17) is 0 Å². The second-order valence-electron chi connectivity index (χ2n) is 6.57. The van der Waals surface area contributed by atoms with Gasteiger partial charge in [-0.15, -0.1) is 0 Å². The minimum atomic E-state index is -0.734. The monoisotopic (exact) mass is 350 g/mol. The molecule has 1 aromatic heterocycles. The molecule has 0 aliphatic heterocycles. The maximum Gasteiger partial charge on any atom is 0.262 e. The van der Waals surface area contributed by atoms with Gasteiger partial charge >= 0.3 is 0 Å². The summed E-state index contributed by atoms with van der Waals surface area (Å²) in [6.07, 6.45) is 0. The zero-order valence-corrected chi connectivity index (χ0v) is 15.1. The number of aromatic nitrogens is 2. The molecule has 1 amide bonds. The van der Waals surface area contributed by atoms with Crippen LogP contribution in [0.5, 0.6) is 0 Å². The van der Waals surface area contributed by atoms with Crippen molar-refractivity contribution in [1.29, 1.82) is 0 Å². The second kappa shape index (κ2) is 7.00. The van der Waals surface area contributed by atoms with E-state index in [1.807, 2.05) is 63.2 Å². The van der Waals surface area contributed by atoms with Crippen LogP contribution in [0, 0.1) is 0 Å². The fraction of sp³-hybridized carbons (Fsp3) is 0.250. The molecule has 6 nitrogen and oxygen atoms in total. The van der Waals surface area contributed by atoms with Gasteiger partial charge in [0.2, 0.25) is 11.9 Å². The number of hydrazine groups is 1. The van der Waals surface area contributed by atoms with Gasteiger partial charge in [-0.25, -0.2) is 4.98 Å². The summed E-state index contributed by atoms with van der Waals surface area (Å²) < 4.78 is 1.50. The lowest BCUT2D eigenvalue weighted by atomic mass is 9.84. The van der Waals surface area contributed by atoms with Crippen LogP contribution in [0.4, 0.5) is 5.95 Å². The van der Waals surface area contributed by atoms with Crippen LogP contribution in [0.15, 0.2) is 59.4 Å². The van der Waals surface area contributed by atoms with Gasteiger partial charge in [0.05, 0.1) is 16.3 Å². The van der Waals surface area contributed by atoms with Crippen LogP contribution >= 0.6 is 0 Å². The molecular weight excluding hydrogens is 328 g/mol. The lowest BCUT2D eigenvalue weighted by Crippen LogP contribution is -2.44. The molecule has 2 aromatic carbocycles. The molecule has 2 N–H and O–H groups in total. The molecule has 134 valence electrons. The number of anilines is 1. The predicted molar refractivity (Wildman–Crippen MR) is 103 cm³/mol. The minimum Gasteiger partial charge on any atom is -0.277 e. The van der Waals surface area contributed by atoms with Crippen LogP contribution in [-0.4, -0.2) is 15.5 Å². The van der Waals surface area contributed by atoms with Crippen molar-refractivity contribution in [2.45, 2.75) is 32.7 Å². The molecule has 0 bridgehead atoms. The van der Waals surface area contributed by atoms with Crippen LogP contribution in [0.2, 0.25) is 0 Å². The number of hydrogen-bond donors (Lipinski definition) is 2. The fourth-order valence-electron chi connectivity index (χ4n) is 2.81. The molecule has 6 heteroatoms. The maximum atomic E-state index is 12.7. The third-order valence-electron chi connectivity index (χ3n) is 4.53. The van der Waals surface area contributed by atoms with E-state index in [2.05, 4.69) is 15.8 Å². The number of carbonyl (C=O) groups excluding carboxylic acids is 1. The topological polar surface area (TPSA) is 76.0 Å². The predicted octanol–water partition coefficient (Wildman–Crippen LogP) is 2.84. The molecule has 0 radical (unpaired) electrons. The van der Waals surface area contributed by atoms with Crippen LogP contribution in [-0.2, 0) is 16.8 Å². The highest BCUT2D eigenvalue weighted by atomic mass is 16.2. The Bertz CT molecular complexity index is 994. The summed E-state index contributed by atoms with van der Waals surface area (Å²) in [5, 5.41) is 0.552. The summed E-state index contributed by atoms with van der Waals surface area (Å²) in [6.45, 7) is 6.00. The first-order valence-corrected chi connectivity index (χ1v) is 8.56. The molecular formula is C20H22N4O2. The van der Waals surface area contributed by atoms with Gasteiger partial charge < -0.3 is 0 Å². The number of fused-ring (bicyclic) bond motifs is 1. The van der Waals surface area contributed by atoms with E-state index in [9.17, 15) is 9.59 Å². The molecule has 0 aliphatic carbocycles. The third-order valence-corrected chi connectivity index (χ3v) is 4.53. The van der Waals surface area contributed by atoms with Gasteiger partial charge in [-0.05, 0) is 38.5 Å². The molecule has 3 rings (SSSR count). The van der Waals surface area contributed by atoms with Crippen LogP contribution in [0.3, 0.4) is 0 Å². The Hall–Kier alpha value is -3.15. The normalized spacial score (nSPS) is 11.3. The molecule has 0 saturated heterocycles. The van der Waals surface area contributed by atoms with Crippen molar-refractivity contribution in [2.75, 3.05) is 5.43 Å². The molecule has 0 spiro atoms. The van der Waals surface area contributed by atoms with Gasteiger partial charge in [-0.3, -0.25) is 25.0 Å².